The number of benzene rings is 2. The zero-order valence-electron chi connectivity index (χ0n) is 19.3. The van der Waals surface area contributed by atoms with E-state index in [-0.39, 0.29) is 42.0 Å². The van der Waals surface area contributed by atoms with Gasteiger partial charge in [0.25, 0.3) is 0 Å². The normalized spacial score (nSPS) is 12.4. The van der Waals surface area contributed by atoms with Crippen molar-refractivity contribution in [1.82, 2.24) is 14.5 Å². The molecule has 0 saturated carbocycles. The fourth-order valence-electron chi connectivity index (χ4n) is 3.25. The van der Waals surface area contributed by atoms with Gasteiger partial charge in [-0.1, -0.05) is 37.3 Å². The van der Waals surface area contributed by atoms with E-state index in [9.17, 15) is 22.4 Å². The van der Waals surface area contributed by atoms with Crippen LogP contribution in [0.15, 0.2) is 59.5 Å². The van der Waals surface area contributed by atoms with Crippen LogP contribution in [0.3, 0.4) is 0 Å². The van der Waals surface area contributed by atoms with Crippen molar-refractivity contribution in [3.05, 3.63) is 66.0 Å². The second-order valence-corrected chi connectivity index (χ2v) is 9.90. The Morgan fingerprint density at radius 2 is 1.70 bits per heavy atom. The van der Waals surface area contributed by atoms with Gasteiger partial charge in [0.1, 0.15) is 11.9 Å². The SMILES string of the molecule is CCCNC(=O)C(C)N(Cc1ccc(F)cc1)C(=O)CCCN(C)S(=O)(=O)c1ccccc1. The van der Waals surface area contributed by atoms with E-state index in [2.05, 4.69) is 5.32 Å². The fraction of sp³-hybridized carbons (Fsp3) is 0.417. The molecule has 2 amide bonds. The van der Waals surface area contributed by atoms with E-state index in [1.165, 1.54) is 40.5 Å². The standard InChI is InChI=1S/C24H32FN3O4S/c1-4-16-26-24(30)19(2)28(18-20-12-14-21(25)15-13-20)23(29)11-8-17-27(3)33(31,32)22-9-6-5-7-10-22/h5-7,9-10,12-15,19H,4,8,11,16-18H2,1-3H3,(H,26,30). The predicted molar refractivity (Wildman–Crippen MR) is 125 cm³/mol. The molecule has 2 aromatic rings. The van der Waals surface area contributed by atoms with Crippen LogP contribution in [-0.4, -0.2) is 55.6 Å². The monoisotopic (exact) mass is 477 g/mol. The highest BCUT2D eigenvalue weighted by Crippen LogP contribution is 2.16. The first-order valence-electron chi connectivity index (χ1n) is 11.0. The van der Waals surface area contributed by atoms with Gasteiger partial charge < -0.3 is 10.2 Å². The Bertz CT molecular complexity index is 1010. The Morgan fingerprint density at radius 3 is 2.30 bits per heavy atom. The fourth-order valence-corrected chi connectivity index (χ4v) is 4.48. The van der Waals surface area contributed by atoms with Crippen LogP contribution in [0.2, 0.25) is 0 Å². The number of carbonyl (C=O) groups excluding carboxylic acids is 2. The molecule has 0 aliphatic carbocycles. The van der Waals surface area contributed by atoms with Gasteiger partial charge in [-0.2, -0.15) is 0 Å². The average molecular weight is 478 g/mol. The van der Waals surface area contributed by atoms with Gasteiger partial charge in [-0.25, -0.2) is 17.1 Å². The number of nitrogens with one attached hydrogen (secondary N) is 1. The summed E-state index contributed by atoms with van der Waals surface area (Å²) in [5, 5.41) is 2.79. The van der Waals surface area contributed by atoms with Crippen molar-refractivity contribution >= 4 is 21.8 Å². The number of nitrogens with zero attached hydrogens (tertiary/aromatic N) is 2. The Morgan fingerprint density at radius 1 is 1.06 bits per heavy atom. The van der Waals surface area contributed by atoms with E-state index in [1.54, 1.807) is 37.3 Å². The molecule has 2 aromatic carbocycles. The molecule has 2 rings (SSSR count). The van der Waals surface area contributed by atoms with Crippen molar-refractivity contribution in [3.63, 3.8) is 0 Å². The molecule has 1 N–H and O–H groups in total. The highest BCUT2D eigenvalue weighted by molar-refractivity contribution is 7.89. The van der Waals surface area contributed by atoms with Gasteiger partial charge in [-0.05, 0) is 49.6 Å². The summed E-state index contributed by atoms with van der Waals surface area (Å²) in [4.78, 5) is 27.2. The molecule has 180 valence electrons. The van der Waals surface area contributed by atoms with Crippen molar-refractivity contribution in [3.8, 4) is 0 Å². The highest BCUT2D eigenvalue weighted by atomic mass is 32.2. The molecule has 0 spiro atoms. The third-order valence-corrected chi connectivity index (χ3v) is 7.17. The number of halogens is 1. The summed E-state index contributed by atoms with van der Waals surface area (Å²) < 4.78 is 39.8. The van der Waals surface area contributed by atoms with Crippen molar-refractivity contribution in [1.29, 1.82) is 0 Å². The third kappa shape index (κ3) is 7.64. The summed E-state index contributed by atoms with van der Waals surface area (Å²) in [6.45, 7) is 4.40. The van der Waals surface area contributed by atoms with Crippen LogP contribution in [0.4, 0.5) is 4.39 Å². The van der Waals surface area contributed by atoms with Gasteiger partial charge in [0, 0.05) is 33.1 Å². The molecule has 0 aromatic heterocycles. The number of rotatable bonds is 12. The Hall–Kier alpha value is -2.78. The summed E-state index contributed by atoms with van der Waals surface area (Å²) in [6.07, 6.45) is 1.14. The van der Waals surface area contributed by atoms with E-state index >= 15 is 0 Å². The lowest BCUT2D eigenvalue weighted by atomic mass is 10.1. The Kier molecular flexibility index (Phi) is 9.99. The average Bonchev–Trinajstić information content (AvgIpc) is 2.82. The molecule has 0 saturated heterocycles. The van der Waals surface area contributed by atoms with Gasteiger partial charge in [0.15, 0.2) is 0 Å². The predicted octanol–water partition coefficient (Wildman–Crippen LogP) is 3.17. The number of amides is 2. The molecular formula is C24H32FN3O4S. The first-order chi connectivity index (χ1) is 15.7. The summed E-state index contributed by atoms with van der Waals surface area (Å²) in [7, 11) is -2.16. The minimum atomic E-state index is -3.64. The van der Waals surface area contributed by atoms with Gasteiger partial charge in [0.2, 0.25) is 21.8 Å². The molecule has 9 heteroatoms. The van der Waals surface area contributed by atoms with Crippen LogP contribution in [0, 0.1) is 5.82 Å². The second kappa shape index (κ2) is 12.5. The maximum atomic E-state index is 13.3. The maximum Gasteiger partial charge on any atom is 0.242 e. The zero-order valence-corrected chi connectivity index (χ0v) is 20.1. The number of hydrogen-bond donors (Lipinski definition) is 1. The molecular weight excluding hydrogens is 445 g/mol. The Labute approximate surface area is 195 Å². The first kappa shape index (κ1) is 26.5. The number of hydrogen-bond acceptors (Lipinski definition) is 4. The largest absolute Gasteiger partial charge is 0.354 e. The van der Waals surface area contributed by atoms with E-state index in [4.69, 9.17) is 0 Å². The molecule has 0 aliphatic heterocycles. The highest BCUT2D eigenvalue weighted by Gasteiger charge is 2.26. The molecule has 0 fully saturated rings. The third-order valence-electron chi connectivity index (χ3n) is 5.30. The lowest BCUT2D eigenvalue weighted by Crippen LogP contribution is -2.47. The lowest BCUT2D eigenvalue weighted by Gasteiger charge is -2.29. The van der Waals surface area contributed by atoms with Crippen molar-refractivity contribution < 1.29 is 22.4 Å². The summed E-state index contributed by atoms with van der Waals surface area (Å²) >= 11 is 0. The van der Waals surface area contributed by atoms with Gasteiger partial charge in [0.05, 0.1) is 4.90 Å². The van der Waals surface area contributed by atoms with Gasteiger partial charge >= 0.3 is 0 Å². The summed E-state index contributed by atoms with van der Waals surface area (Å²) in [5.74, 6) is -0.923. The maximum absolute atomic E-state index is 13.3. The first-order valence-corrected chi connectivity index (χ1v) is 12.4. The molecule has 0 aliphatic rings. The molecule has 33 heavy (non-hydrogen) atoms. The second-order valence-electron chi connectivity index (χ2n) is 7.86. The van der Waals surface area contributed by atoms with Crippen LogP contribution in [-0.2, 0) is 26.2 Å². The summed E-state index contributed by atoms with van der Waals surface area (Å²) in [6, 6.07) is 13.2. The van der Waals surface area contributed by atoms with Crippen molar-refractivity contribution in [2.75, 3.05) is 20.1 Å². The molecule has 7 nitrogen and oxygen atoms in total. The van der Waals surface area contributed by atoms with Crippen LogP contribution in [0.1, 0.15) is 38.7 Å². The van der Waals surface area contributed by atoms with Crippen LogP contribution in [0.5, 0.6) is 0 Å². The van der Waals surface area contributed by atoms with E-state index in [0.717, 1.165) is 6.42 Å². The quantitative estimate of drug-likeness (QED) is 0.509. The molecule has 1 atom stereocenters. The van der Waals surface area contributed by atoms with Crippen LogP contribution in [0.25, 0.3) is 0 Å². The minimum absolute atomic E-state index is 0.0707. The zero-order chi connectivity index (χ0) is 24.4. The Balaban J connectivity index is 2.05. The van der Waals surface area contributed by atoms with Crippen molar-refractivity contribution in [2.45, 2.75) is 50.6 Å². The molecule has 1 unspecified atom stereocenters. The number of sulfonamides is 1. The topological polar surface area (TPSA) is 86.8 Å². The van der Waals surface area contributed by atoms with Gasteiger partial charge in [-0.15, -0.1) is 0 Å². The van der Waals surface area contributed by atoms with Crippen LogP contribution >= 0.6 is 0 Å². The molecule has 0 radical (unpaired) electrons. The van der Waals surface area contributed by atoms with E-state index in [0.29, 0.717) is 18.5 Å². The molecule has 0 bridgehead atoms. The van der Waals surface area contributed by atoms with E-state index < -0.39 is 16.1 Å². The summed E-state index contributed by atoms with van der Waals surface area (Å²) in [5.41, 5.74) is 0.698. The minimum Gasteiger partial charge on any atom is -0.354 e. The van der Waals surface area contributed by atoms with Crippen molar-refractivity contribution in [2.24, 2.45) is 0 Å². The smallest absolute Gasteiger partial charge is 0.242 e. The lowest BCUT2D eigenvalue weighted by molar-refractivity contribution is -0.140. The molecule has 0 heterocycles. The number of carbonyl (C=O) groups is 2. The van der Waals surface area contributed by atoms with Gasteiger partial charge in [-0.3, -0.25) is 9.59 Å². The van der Waals surface area contributed by atoms with Crippen LogP contribution < -0.4 is 5.32 Å². The van der Waals surface area contributed by atoms with E-state index in [1.807, 2.05) is 6.92 Å².